The van der Waals surface area contributed by atoms with Crippen LogP contribution in [-0.4, -0.2) is 14.6 Å². The molecule has 5 nitrogen and oxygen atoms in total. The first-order chi connectivity index (χ1) is 8.17. The second-order valence-electron chi connectivity index (χ2n) is 3.97. The minimum atomic E-state index is -0.0950. The van der Waals surface area contributed by atoms with Crippen molar-refractivity contribution in [1.82, 2.24) is 14.6 Å². The van der Waals surface area contributed by atoms with Crippen molar-refractivity contribution in [2.24, 2.45) is 0 Å². The zero-order valence-electron chi connectivity index (χ0n) is 9.95. The van der Waals surface area contributed by atoms with Crippen LogP contribution >= 0.6 is 0 Å². The van der Waals surface area contributed by atoms with Crippen molar-refractivity contribution in [2.75, 3.05) is 0 Å². The number of nitriles is 1. The van der Waals surface area contributed by atoms with Gasteiger partial charge in [-0.1, -0.05) is 6.92 Å². The van der Waals surface area contributed by atoms with Gasteiger partial charge in [-0.15, -0.1) is 0 Å². The standard InChI is InChI=1S/C12H14N4O/c1-3-9-7-11-14-8(2)10(5-4-6-13)12(17)16(11)15-9/h7,15H,3-5H2,1-2H3. The zero-order valence-corrected chi connectivity index (χ0v) is 9.95. The third kappa shape index (κ3) is 1.94. The van der Waals surface area contributed by atoms with Gasteiger partial charge in [0, 0.05) is 29.4 Å². The Morgan fingerprint density at radius 2 is 2.35 bits per heavy atom. The van der Waals surface area contributed by atoms with Gasteiger partial charge < -0.3 is 0 Å². The van der Waals surface area contributed by atoms with E-state index in [2.05, 4.69) is 10.1 Å². The maximum absolute atomic E-state index is 12.2. The monoisotopic (exact) mass is 230 g/mol. The van der Waals surface area contributed by atoms with E-state index in [0.717, 1.165) is 12.1 Å². The predicted octanol–water partition coefficient (Wildman–Crippen LogP) is 1.35. The van der Waals surface area contributed by atoms with E-state index in [9.17, 15) is 4.79 Å². The number of aryl methyl sites for hydroxylation is 2. The molecule has 0 amide bonds. The van der Waals surface area contributed by atoms with Crippen LogP contribution in [0.2, 0.25) is 0 Å². The van der Waals surface area contributed by atoms with Crippen LogP contribution < -0.4 is 5.56 Å². The van der Waals surface area contributed by atoms with Crippen LogP contribution in [0.3, 0.4) is 0 Å². The lowest BCUT2D eigenvalue weighted by Crippen LogP contribution is -2.21. The molecule has 2 aromatic rings. The fraction of sp³-hybridized carbons (Fsp3) is 0.417. The molecule has 0 spiro atoms. The molecule has 0 aromatic carbocycles. The molecule has 0 bridgehead atoms. The van der Waals surface area contributed by atoms with E-state index in [1.165, 1.54) is 4.52 Å². The molecule has 0 unspecified atom stereocenters. The lowest BCUT2D eigenvalue weighted by Gasteiger charge is -2.02. The summed E-state index contributed by atoms with van der Waals surface area (Å²) in [5.41, 5.74) is 2.86. The van der Waals surface area contributed by atoms with Crippen LogP contribution in [0.15, 0.2) is 10.9 Å². The van der Waals surface area contributed by atoms with Gasteiger partial charge in [0.2, 0.25) is 0 Å². The molecule has 2 rings (SSSR count). The lowest BCUT2D eigenvalue weighted by molar-refractivity contribution is 0.818. The fourth-order valence-corrected chi connectivity index (χ4v) is 1.87. The number of rotatable bonds is 3. The molecule has 0 aliphatic rings. The van der Waals surface area contributed by atoms with E-state index in [4.69, 9.17) is 5.26 Å². The average molecular weight is 230 g/mol. The Kier molecular flexibility index (Phi) is 2.96. The highest BCUT2D eigenvalue weighted by atomic mass is 16.1. The van der Waals surface area contributed by atoms with Gasteiger partial charge in [0.1, 0.15) is 0 Å². The van der Waals surface area contributed by atoms with Crippen LogP contribution in [0, 0.1) is 18.3 Å². The summed E-state index contributed by atoms with van der Waals surface area (Å²) >= 11 is 0. The van der Waals surface area contributed by atoms with Crippen molar-refractivity contribution in [3.05, 3.63) is 33.4 Å². The van der Waals surface area contributed by atoms with Gasteiger partial charge in [-0.2, -0.15) is 5.26 Å². The number of nitrogens with one attached hydrogen (secondary N) is 1. The summed E-state index contributed by atoms with van der Waals surface area (Å²) in [4.78, 5) is 16.5. The van der Waals surface area contributed by atoms with Gasteiger partial charge in [0.15, 0.2) is 5.65 Å². The molecule has 17 heavy (non-hydrogen) atoms. The molecule has 1 N–H and O–H groups in total. The third-order valence-electron chi connectivity index (χ3n) is 2.84. The Balaban J connectivity index is 2.62. The first-order valence-corrected chi connectivity index (χ1v) is 5.64. The largest absolute Gasteiger partial charge is 0.294 e. The maximum atomic E-state index is 12.2. The number of nitrogens with zero attached hydrogens (tertiary/aromatic N) is 3. The van der Waals surface area contributed by atoms with Gasteiger partial charge in [-0.05, 0) is 19.8 Å². The Bertz CT molecular complexity index is 645. The summed E-state index contributed by atoms with van der Waals surface area (Å²) in [6.45, 7) is 3.83. The van der Waals surface area contributed by atoms with Gasteiger partial charge >= 0.3 is 0 Å². The van der Waals surface area contributed by atoms with Crippen LogP contribution in [0.1, 0.15) is 30.3 Å². The summed E-state index contributed by atoms with van der Waals surface area (Å²) < 4.78 is 1.46. The van der Waals surface area contributed by atoms with Gasteiger partial charge in [0.25, 0.3) is 5.56 Å². The van der Waals surface area contributed by atoms with Gasteiger partial charge in [0.05, 0.1) is 6.07 Å². The number of hydrogen-bond acceptors (Lipinski definition) is 3. The molecule has 0 atom stereocenters. The van der Waals surface area contributed by atoms with Crippen molar-refractivity contribution in [3.8, 4) is 6.07 Å². The van der Waals surface area contributed by atoms with Crippen LogP contribution in [0.25, 0.3) is 5.65 Å². The molecule has 2 heterocycles. The summed E-state index contributed by atoms with van der Waals surface area (Å²) in [6.07, 6.45) is 1.62. The zero-order chi connectivity index (χ0) is 12.4. The van der Waals surface area contributed by atoms with Crippen molar-refractivity contribution >= 4 is 5.65 Å². The van der Waals surface area contributed by atoms with Gasteiger partial charge in [-0.3, -0.25) is 9.89 Å². The molecule has 88 valence electrons. The highest BCUT2D eigenvalue weighted by Gasteiger charge is 2.11. The Morgan fingerprint density at radius 1 is 1.59 bits per heavy atom. The molecule has 5 heteroatoms. The summed E-state index contributed by atoms with van der Waals surface area (Å²) in [5.74, 6) is 0. The van der Waals surface area contributed by atoms with Crippen molar-refractivity contribution in [1.29, 1.82) is 5.26 Å². The summed E-state index contributed by atoms with van der Waals surface area (Å²) in [7, 11) is 0. The van der Waals surface area contributed by atoms with E-state index < -0.39 is 0 Å². The predicted molar refractivity (Wildman–Crippen MR) is 63.9 cm³/mol. The SMILES string of the molecule is CCc1cc2nc(C)c(CCC#N)c(=O)n2[nH]1. The number of hydrogen-bond donors (Lipinski definition) is 1. The Hall–Kier alpha value is -2.09. The van der Waals surface area contributed by atoms with E-state index in [0.29, 0.717) is 29.7 Å². The lowest BCUT2D eigenvalue weighted by atomic mass is 10.1. The van der Waals surface area contributed by atoms with Crippen molar-refractivity contribution in [2.45, 2.75) is 33.1 Å². The fourth-order valence-electron chi connectivity index (χ4n) is 1.87. The second kappa shape index (κ2) is 4.42. The van der Waals surface area contributed by atoms with E-state index >= 15 is 0 Å². The first-order valence-electron chi connectivity index (χ1n) is 5.64. The van der Waals surface area contributed by atoms with E-state index in [1.807, 2.05) is 26.0 Å². The Morgan fingerprint density at radius 3 is 3.00 bits per heavy atom. The van der Waals surface area contributed by atoms with E-state index in [-0.39, 0.29) is 5.56 Å². The van der Waals surface area contributed by atoms with Crippen molar-refractivity contribution in [3.63, 3.8) is 0 Å². The molecule has 0 fully saturated rings. The topological polar surface area (TPSA) is 73.9 Å². The summed E-state index contributed by atoms with van der Waals surface area (Å²) in [6, 6.07) is 3.93. The minimum absolute atomic E-state index is 0.0950. The molecular weight excluding hydrogens is 216 g/mol. The van der Waals surface area contributed by atoms with Crippen molar-refractivity contribution < 1.29 is 0 Å². The smallest absolute Gasteiger partial charge is 0.276 e. The average Bonchev–Trinajstić information content (AvgIpc) is 2.72. The molecule has 2 aromatic heterocycles. The quantitative estimate of drug-likeness (QED) is 0.864. The van der Waals surface area contributed by atoms with Gasteiger partial charge in [-0.25, -0.2) is 9.50 Å². The summed E-state index contributed by atoms with van der Waals surface area (Å²) in [5, 5.41) is 11.6. The number of H-pyrrole nitrogens is 1. The highest BCUT2D eigenvalue weighted by Crippen LogP contribution is 2.07. The number of aromatic nitrogens is 3. The molecule has 0 radical (unpaired) electrons. The molecule has 0 saturated heterocycles. The molecule has 0 saturated carbocycles. The van der Waals surface area contributed by atoms with Crippen LogP contribution in [0.5, 0.6) is 0 Å². The van der Waals surface area contributed by atoms with E-state index in [1.54, 1.807) is 0 Å². The molecule has 0 aliphatic carbocycles. The normalized spacial score (nSPS) is 10.6. The first kappa shape index (κ1) is 11.4. The Labute approximate surface area is 98.7 Å². The minimum Gasteiger partial charge on any atom is -0.294 e. The maximum Gasteiger partial charge on any atom is 0.276 e. The molecular formula is C12H14N4O. The number of aromatic amines is 1. The molecule has 0 aliphatic heterocycles. The highest BCUT2D eigenvalue weighted by molar-refractivity contribution is 5.41. The number of fused-ring (bicyclic) bond motifs is 1. The third-order valence-corrected chi connectivity index (χ3v) is 2.84. The van der Waals surface area contributed by atoms with Crippen LogP contribution in [-0.2, 0) is 12.8 Å². The second-order valence-corrected chi connectivity index (χ2v) is 3.97. The van der Waals surface area contributed by atoms with Crippen LogP contribution in [0.4, 0.5) is 0 Å².